The van der Waals surface area contributed by atoms with Gasteiger partial charge in [-0.25, -0.2) is 0 Å². The summed E-state index contributed by atoms with van der Waals surface area (Å²) in [7, 11) is 2.10. The molecule has 0 aliphatic carbocycles. The standard InChI is InChI=1S/C13H24N2O/c1-11(2)8-13(9-12(3,4)14-11)10(16)6-7-15(13)5/h14H,6-9H2,1-5H3. The quantitative estimate of drug-likeness (QED) is 0.678. The summed E-state index contributed by atoms with van der Waals surface area (Å²) >= 11 is 0. The van der Waals surface area contributed by atoms with E-state index in [4.69, 9.17) is 0 Å². The van der Waals surface area contributed by atoms with Crippen molar-refractivity contribution in [3.05, 3.63) is 0 Å². The Hall–Kier alpha value is -0.410. The summed E-state index contributed by atoms with van der Waals surface area (Å²) < 4.78 is 0. The summed E-state index contributed by atoms with van der Waals surface area (Å²) in [4.78, 5) is 14.5. The van der Waals surface area contributed by atoms with E-state index in [1.807, 2.05) is 0 Å². The van der Waals surface area contributed by atoms with Crippen molar-refractivity contribution in [2.24, 2.45) is 0 Å². The van der Waals surface area contributed by atoms with Gasteiger partial charge in [-0.3, -0.25) is 9.69 Å². The fourth-order valence-electron chi connectivity index (χ4n) is 3.93. The average Bonchev–Trinajstić information content (AvgIpc) is 2.28. The highest BCUT2D eigenvalue weighted by molar-refractivity contribution is 5.91. The molecular formula is C13H24N2O. The molecule has 1 N–H and O–H groups in total. The number of Topliss-reactive ketones (excluding diaryl/α,β-unsaturated/α-hetero) is 1. The number of nitrogens with one attached hydrogen (secondary N) is 1. The van der Waals surface area contributed by atoms with Crippen LogP contribution in [0.3, 0.4) is 0 Å². The Morgan fingerprint density at radius 2 is 1.62 bits per heavy atom. The molecule has 0 bridgehead atoms. The minimum atomic E-state index is -0.210. The molecule has 2 aliphatic rings. The fourth-order valence-corrected chi connectivity index (χ4v) is 3.93. The van der Waals surface area contributed by atoms with Crippen molar-refractivity contribution in [2.45, 2.75) is 63.6 Å². The Morgan fingerprint density at radius 3 is 2.00 bits per heavy atom. The summed E-state index contributed by atoms with van der Waals surface area (Å²) in [6, 6.07) is 0. The number of likely N-dealkylation sites (tertiary alicyclic amines) is 1. The highest BCUT2D eigenvalue weighted by Crippen LogP contribution is 2.43. The summed E-state index contributed by atoms with van der Waals surface area (Å²) in [5, 5.41) is 3.65. The van der Waals surface area contributed by atoms with Crippen molar-refractivity contribution in [3.8, 4) is 0 Å². The van der Waals surface area contributed by atoms with Crippen LogP contribution in [-0.4, -0.2) is 40.9 Å². The van der Waals surface area contributed by atoms with Gasteiger partial charge in [-0.2, -0.15) is 0 Å². The van der Waals surface area contributed by atoms with Crippen molar-refractivity contribution in [1.29, 1.82) is 0 Å². The molecule has 0 radical (unpaired) electrons. The lowest BCUT2D eigenvalue weighted by atomic mass is 9.69. The van der Waals surface area contributed by atoms with E-state index >= 15 is 0 Å². The van der Waals surface area contributed by atoms with E-state index < -0.39 is 0 Å². The highest BCUT2D eigenvalue weighted by atomic mass is 16.1. The van der Waals surface area contributed by atoms with Gasteiger partial charge in [-0.05, 0) is 47.6 Å². The van der Waals surface area contributed by atoms with E-state index in [-0.39, 0.29) is 16.6 Å². The third-order valence-corrected chi connectivity index (χ3v) is 4.07. The smallest absolute Gasteiger partial charge is 0.154 e. The average molecular weight is 224 g/mol. The van der Waals surface area contributed by atoms with Gasteiger partial charge in [0.05, 0.1) is 5.54 Å². The van der Waals surface area contributed by atoms with E-state index in [1.54, 1.807) is 0 Å². The first-order valence-electron chi connectivity index (χ1n) is 6.21. The second-order valence-corrected chi connectivity index (χ2v) is 6.87. The predicted octanol–water partition coefficient (Wildman–Crippen LogP) is 1.57. The molecule has 0 aromatic rings. The summed E-state index contributed by atoms with van der Waals surface area (Å²) in [5.74, 6) is 0.442. The molecule has 3 heteroatoms. The first-order valence-corrected chi connectivity index (χ1v) is 6.21. The van der Waals surface area contributed by atoms with Gasteiger partial charge >= 0.3 is 0 Å². The molecule has 16 heavy (non-hydrogen) atoms. The zero-order chi connectivity index (χ0) is 12.2. The molecule has 2 heterocycles. The summed E-state index contributed by atoms with van der Waals surface area (Å²) in [5.41, 5.74) is -0.135. The second-order valence-electron chi connectivity index (χ2n) is 6.87. The SMILES string of the molecule is CN1CCC(=O)C12CC(C)(C)NC(C)(C)C2. The van der Waals surface area contributed by atoms with E-state index in [9.17, 15) is 4.79 Å². The topological polar surface area (TPSA) is 32.3 Å². The van der Waals surface area contributed by atoms with Gasteiger partial charge in [-0.1, -0.05) is 0 Å². The van der Waals surface area contributed by atoms with Crippen LogP contribution in [0.15, 0.2) is 0 Å². The van der Waals surface area contributed by atoms with E-state index in [0.29, 0.717) is 5.78 Å². The van der Waals surface area contributed by atoms with Crippen LogP contribution < -0.4 is 5.32 Å². The highest BCUT2D eigenvalue weighted by Gasteiger charge is 2.55. The third-order valence-electron chi connectivity index (χ3n) is 4.07. The zero-order valence-corrected chi connectivity index (χ0v) is 11.2. The lowest BCUT2D eigenvalue weighted by molar-refractivity contribution is -0.129. The van der Waals surface area contributed by atoms with E-state index in [2.05, 4.69) is 45.0 Å². The van der Waals surface area contributed by atoms with Crippen molar-refractivity contribution in [3.63, 3.8) is 0 Å². The molecule has 0 atom stereocenters. The minimum absolute atomic E-state index is 0.0377. The van der Waals surface area contributed by atoms with Crippen LogP contribution in [0.5, 0.6) is 0 Å². The Labute approximate surface area is 98.6 Å². The fraction of sp³-hybridized carbons (Fsp3) is 0.923. The van der Waals surface area contributed by atoms with Gasteiger partial charge in [-0.15, -0.1) is 0 Å². The van der Waals surface area contributed by atoms with Gasteiger partial charge in [0.15, 0.2) is 5.78 Å². The van der Waals surface area contributed by atoms with Crippen molar-refractivity contribution >= 4 is 5.78 Å². The van der Waals surface area contributed by atoms with Crippen LogP contribution >= 0.6 is 0 Å². The number of hydrogen-bond donors (Lipinski definition) is 1. The van der Waals surface area contributed by atoms with Gasteiger partial charge in [0.1, 0.15) is 0 Å². The van der Waals surface area contributed by atoms with Crippen molar-refractivity contribution in [1.82, 2.24) is 10.2 Å². The van der Waals surface area contributed by atoms with Gasteiger partial charge in [0.25, 0.3) is 0 Å². The molecule has 2 saturated heterocycles. The molecule has 3 nitrogen and oxygen atoms in total. The first-order chi connectivity index (χ1) is 7.17. The maximum atomic E-state index is 12.3. The van der Waals surface area contributed by atoms with Crippen molar-refractivity contribution < 1.29 is 4.79 Å². The number of hydrogen-bond acceptors (Lipinski definition) is 3. The molecule has 0 amide bonds. The second kappa shape index (κ2) is 3.30. The number of carbonyl (C=O) groups excluding carboxylic acids is 1. The van der Waals surface area contributed by atoms with Gasteiger partial charge < -0.3 is 5.32 Å². The Bertz CT molecular complexity index is 304. The molecule has 1 spiro atoms. The molecule has 0 saturated carbocycles. The lowest BCUT2D eigenvalue weighted by Gasteiger charge is -2.53. The number of likely N-dealkylation sites (N-methyl/N-ethyl adjacent to an activating group) is 1. The molecule has 0 aromatic carbocycles. The maximum absolute atomic E-state index is 12.3. The number of piperidine rings is 1. The molecule has 0 unspecified atom stereocenters. The molecule has 92 valence electrons. The molecular weight excluding hydrogens is 200 g/mol. The van der Waals surface area contributed by atoms with Gasteiger partial charge in [0.2, 0.25) is 0 Å². The molecule has 0 aromatic heterocycles. The van der Waals surface area contributed by atoms with Crippen LogP contribution in [-0.2, 0) is 4.79 Å². The Kier molecular flexibility index (Phi) is 2.48. The normalized spacial score (nSPS) is 32.2. The first kappa shape index (κ1) is 12.1. The maximum Gasteiger partial charge on any atom is 0.154 e. The largest absolute Gasteiger partial charge is 0.307 e. The number of carbonyl (C=O) groups is 1. The monoisotopic (exact) mass is 224 g/mol. The van der Waals surface area contributed by atoms with Crippen LogP contribution in [0.1, 0.15) is 47.0 Å². The van der Waals surface area contributed by atoms with Crippen LogP contribution in [0.25, 0.3) is 0 Å². The number of nitrogens with zero attached hydrogens (tertiary/aromatic N) is 1. The zero-order valence-electron chi connectivity index (χ0n) is 11.2. The van der Waals surface area contributed by atoms with Crippen LogP contribution in [0.2, 0.25) is 0 Å². The van der Waals surface area contributed by atoms with Crippen molar-refractivity contribution in [2.75, 3.05) is 13.6 Å². The van der Waals surface area contributed by atoms with Crippen LogP contribution in [0.4, 0.5) is 0 Å². The van der Waals surface area contributed by atoms with Gasteiger partial charge in [0, 0.05) is 24.0 Å². The Balaban J connectivity index is 2.37. The molecule has 2 aliphatic heterocycles. The number of rotatable bonds is 0. The minimum Gasteiger partial charge on any atom is -0.307 e. The third kappa shape index (κ3) is 1.80. The Morgan fingerprint density at radius 1 is 1.12 bits per heavy atom. The van der Waals surface area contributed by atoms with E-state index in [1.165, 1.54) is 0 Å². The summed E-state index contributed by atoms with van der Waals surface area (Å²) in [6.45, 7) is 9.74. The molecule has 2 rings (SSSR count). The predicted molar refractivity (Wildman–Crippen MR) is 65.5 cm³/mol. The molecule has 2 fully saturated rings. The number of ketones is 1. The van der Waals surface area contributed by atoms with Crippen LogP contribution in [0, 0.1) is 0 Å². The lowest BCUT2D eigenvalue weighted by Crippen LogP contribution is -2.67. The van der Waals surface area contributed by atoms with E-state index in [0.717, 1.165) is 25.8 Å². The summed E-state index contributed by atoms with van der Waals surface area (Å²) in [6.07, 6.45) is 2.58.